The van der Waals surface area contributed by atoms with E-state index in [1.807, 2.05) is 42.1 Å². The smallest absolute Gasteiger partial charge is 0.119 e. The minimum atomic E-state index is 0.668. The van der Waals surface area contributed by atoms with Gasteiger partial charge in [-0.3, -0.25) is 0 Å². The molecule has 0 bridgehead atoms. The third-order valence-corrected chi connectivity index (χ3v) is 3.10. The highest BCUT2D eigenvalue weighted by Crippen LogP contribution is 2.07. The average molecular weight is 225 g/mol. The van der Waals surface area contributed by atoms with Gasteiger partial charge in [-0.25, -0.2) is 0 Å². The summed E-state index contributed by atoms with van der Waals surface area (Å²) in [5, 5.41) is 4.03. The molecule has 1 unspecified atom stereocenters. The van der Waals surface area contributed by atoms with E-state index in [-0.39, 0.29) is 0 Å². The molecule has 0 aliphatic heterocycles. The lowest BCUT2D eigenvalue weighted by molar-refractivity contribution is 0.314. The van der Waals surface area contributed by atoms with Crippen LogP contribution in [0.15, 0.2) is 30.3 Å². The second-order valence-corrected chi connectivity index (χ2v) is 4.69. The molecule has 15 heavy (non-hydrogen) atoms. The predicted molar refractivity (Wildman–Crippen MR) is 67.8 cm³/mol. The van der Waals surface area contributed by atoms with Crippen LogP contribution in [0.2, 0.25) is 0 Å². The average Bonchev–Trinajstić information content (AvgIpc) is 2.29. The van der Waals surface area contributed by atoms with E-state index in [1.165, 1.54) is 0 Å². The van der Waals surface area contributed by atoms with E-state index >= 15 is 0 Å². The summed E-state index contributed by atoms with van der Waals surface area (Å²) in [7, 11) is 0. The standard InChI is InChI=1S/C12H19NOS/c1-11(15-2)10-13-8-9-14-12-6-4-3-5-7-12/h3-7,11,13H,8-10H2,1-2H3. The third-order valence-electron chi connectivity index (χ3n) is 2.12. The van der Waals surface area contributed by atoms with Crippen LogP contribution in [0, 0.1) is 0 Å². The van der Waals surface area contributed by atoms with Crippen molar-refractivity contribution < 1.29 is 4.74 Å². The van der Waals surface area contributed by atoms with Gasteiger partial charge in [-0.1, -0.05) is 25.1 Å². The molecule has 1 N–H and O–H groups in total. The number of thioether (sulfide) groups is 1. The largest absolute Gasteiger partial charge is 0.492 e. The maximum Gasteiger partial charge on any atom is 0.119 e. The summed E-state index contributed by atoms with van der Waals surface area (Å²) in [6, 6.07) is 9.91. The summed E-state index contributed by atoms with van der Waals surface area (Å²) in [4.78, 5) is 0. The van der Waals surface area contributed by atoms with Crippen molar-refractivity contribution in [1.82, 2.24) is 5.32 Å². The quantitative estimate of drug-likeness (QED) is 0.720. The van der Waals surface area contributed by atoms with E-state index in [2.05, 4.69) is 18.5 Å². The molecule has 0 aromatic heterocycles. The fraction of sp³-hybridized carbons (Fsp3) is 0.500. The van der Waals surface area contributed by atoms with Crippen molar-refractivity contribution in [2.45, 2.75) is 12.2 Å². The number of hydrogen-bond donors (Lipinski definition) is 1. The van der Waals surface area contributed by atoms with Crippen molar-refractivity contribution in [1.29, 1.82) is 0 Å². The molecule has 1 aromatic carbocycles. The van der Waals surface area contributed by atoms with Crippen LogP contribution < -0.4 is 10.1 Å². The van der Waals surface area contributed by atoms with Gasteiger partial charge in [0.2, 0.25) is 0 Å². The Balaban J connectivity index is 2.03. The van der Waals surface area contributed by atoms with Crippen LogP contribution in [0.3, 0.4) is 0 Å². The van der Waals surface area contributed by atoms with Gasteiger partial charge in [-0.15, -0.1) is 0 Å². The van der Waals surface area contributed by atoms with Crippen molar-refractivity contribution in [2.24, 2.45) is 0 Å². The lowest BCUT2D eigenvalue weighted by atomic mass is 10.3. The Morgan fingerprint density at radius 1 is 1.33 bits per heavy atom. The molecule has 0 aliphatic rings. The first kappa shape index (κ1) is 12.4. The SMILES string of the molecule is CSC(C)CNCCOc1ccccc1. The fourth-order valence-corrected chi connectivity index (χ4v) is 1.43. The lowest BCUT2D eigenvalue weighted by Gasteiger charge is -2.10. The van der Waals surface area contributed by atoms with Crippen LogP contribution in [0.4, 0.5) is 0 Å². The summed E-state index contributed by atoms with van der Waals surface area (Å²) >= 11 is 1.88. The van der Waals surface area contributed by atoms with E-state index in [1.54, 1.807) is 0 Å². The Bertz CT molecular complexity index is 253. The molecule has 2 nitrogen and oxygen atoms in total. The van der Waals surface area contributed by atoms with E-state index in [0.29, 0.717) is 5.25 Å². The molecule has 1 aromatic rings. The van der Waals surface area contributed by atoms with Gasteiger partial charge in [0.25, 0.3) is 0 Å². The maximum atomic E-state index is 5.55. The van der Waals surface area contributed by atoms with Crippen LogP contribution >= 0.6 is 11.8 Å². The van der Waals surface area contributed by atoms with E-state index in [4.69, 9.17) is 4.74 Å². The van der Waals surface area contributed by atoms with Gasteiger partial charge in [0.15, 0.2) is 0 Å². The van der Waals surface area contributed by atoms with Gasteiger partial charge >= 0.3 is 0 Å². The number of rotatable bonds is 7. The second kappa shape index (κ2) is 7.60. The van der Waals surface area contributed by atoms with Gasteiger partial charge < -0.3 is 10.1 Å². The fourth-order valence-electron chi connectivity index (χ4n) is 1.15. The van der Waals surface area contributed by atoms with Gasteiger partial charge in [-0.05, 0) is 18.4 Å². The topological polar surface area (TPSA) is 21.3 Å². The molecule has 0 saturated heterocycles. The molecule has 0 heterocycles. The number of hydrogen-bond acceptors (Lipinski definition) is 3. The molecular formula is C12H19NOS. The summed E-state index contributed by atoms with van der Waals surface area (Å²) < 4.78 is 5.55. The molecule has 1 rings (SSSR count). The highest BCUT2D eigenvalue weighted by Gasteiger charge is 1.97. The van der Waals surface area contributed by atoms with Crippen LogP contribution in [0.1, 0.15) is 6.92 Å². The lowest BCUT2D eigenvalue weighted by Crippen LogP contribution is -2.27. The van der Waals surface area contributed by atoms with Gasteiger partial charge in [-0.2, -0.15) is 11.8 Å². The zero-order valence-electron chi connectivity index (χ0n) is 9.40. The van der Waals surface area contributed by atoms with Crippen LogP contribution in [-0.2, 0) is 0 Å². The summed E-state index contributed by atoms with van der Waals surface area (Å²) in [6.45, 7) is 4.89. The molecule has 1 atom stereocenters. The molecule has 0 spiro atoms. The van der Waals surface area contributed by atoms with Gasteiger partial charge in [0, 0.05) is 18.3 Å². The van der Waals surface area contributed by atoms with Crippen molar-refractivity contribution >= 4 is 11.8 Å². The van der Waals surface area contributed by atoms with E-state index in [9.17, 15) is 0 Å². The van der Waals surface area contributed by atoms with Crippen molar-refractivity contribution in [3.8, 4) is 5.75 Å². The minimum absolute atomic E-state index is 0.668. The first-order valence-corrected chi connectivity index (χ1v) is 6.53. The maximum absolute atomic E-state index is 5.55. The molecule has 0 fully saturated rings. The third kappa shape index (κ3) is 5.70. The van der Waals surface area contributed by atoms with Crippen molar-refractivity contribution in [2.75, 3.05) is 26.0 Å². The molecule has 0 aliphatic carbocycles. The molecular weight excluding hydrogens is 206 g/mol. The first-order chi connectivity index (χ1) is 7.33. The molecule has 0 radical (unpaired) electrons. The van der Waals surface area contributed by atoms with Crippen molar-refractivity contribution in [3.63, 3.8) is 0 Å². The highest BCUT2D eigenvalue weighted by atomic mass is 32.2. The number of ether oxygens (including phenoxy) is 1. The first-order valence-electron chi connectivity index (χ1n) is 5.24. The second-order valence-electron chi connectivity index (χ2n) is 3.41. The number of benzene rings is 1. The molecule has 84 valence electrons. The van der Waals surface area contributed by atoms with E-state index in [0.717, 1.165) is 25.4 Å². The summed E-state index contributed by atoms with van der Waals surface area (Å²) in [5.41, 5.74) is 0. The van der Waals surface area contributed by atoms with Crippen molar-refractivity contribution in [3.05, 3.63) is 30.3 Å². The van der Waals surface area contributed by atoms with Gasteiger partial charge in [0.1, 0.15) is 12.4 Å². The summed E-state index contributed by atoms with van der Waals surface area (Å²) in [5.74, 6) is 0.942. The van der Waals surface area contributed by atoms with Crippen LogP contribution in [-0.4, -0.2) is 31.2 Å². The van der Waals surface area contributed by atoms with E-state index < -0.39 is 0 Å². The highest BCUT2D eigenvalue weighted by molar-refractivity contribution is 7.99. The Kier molecular flexibility index (Phi) is 6.28. The number of para-hydroxylation sites is 1. The predicted octanol–water partition coefficient (Wildman–Crippen LogP) is 2.41. The monoisotopic (exact) mass is 225 g/mol. The van der Waals surface area contributed by atoms with Crippen LogP contribution in [0.5, 0.6) is 5.75 Å². The zero-order chi connectivity index (χ0) is 10.9. The number of nitrogens with one attached hydrogen (secondary N) is 1. The normalized spacial score (nSPS) is 12.4. The molecule has 3 heteroatoms. The Morgan fingerprint density at radius 3 is 2.73 bits per heavy atom. The Hall–Kier alpha value is -0.670. The Morgan fingerprint density at radius 2 is 2.07 bits per heavy atom. The zero-order valence-corrected chi connectivity index (χ0v) is 10.2. The molecule has 0 saturated carbocycles. The Labute approximate surface area is 96.4 Å². The van der Waals surface area contributed by atoms with Crippen LogP contribution in [0.25, 0.3) is 0 Å². The minimum Gasteiger partial charge on any atom is -0.492 e. The summed E-state index contributed by atoms with van der Waals surface area (Å²) in [6.07, 6.45) is 2.13. The molecule has 0 amide bonds. The van der Waals surface area contributed by atoms with Gasteiger partial charge in [0.05, 0.1) is 0 Å².